The van der Waals surface area contributed by atoms with Gasteiger partial charge in [-0.1, -0.05) is 0 Å². The molecule has 98 valence electrons. The lowest BCUT2D eigenvalue weighted by molar-refractivity contribution is 0.475. The van der Waals surface area contributed by atoms with Crippen LogP contribution in [-0.4, -0.2) is 30.2 Å². The van der Waals surface area contributed by atoms with Crippen molar-refractivity contribution in [2.24, 2.45) is 5.73 Å². The number of hydrogen-bond acceptors (Lipinski definition) is 5. The van der Waals surface area contributed by atoms with E-state index in [-0.39, 0.29) is 11.6 Å². The molecular formula is C10H12N2O5S. The Bertz CT molecular complexity index is 667. The third-order valence-electron chi connectivity index (χ3n) is 1.77. The number of furan rings is 1. The quantitative estimate of drug-likeness (QED) is 0.346. The molecule has 0 aliphatic rings. The summed E-state index contributed by atoms with van der Waals surface area (Å²) < 4.78 is 31.1. The molecule has 0 amide bonds. The molecule has 7 nitrogen and oxygen atoms in total. The van der Waals surface area contributed by atoms with Crippen molar-refractivity contribution in [1.82, 2.24) is 0 Å². The second-order valence-corrected chi connectivity index (χ2v) is 4.95. The fourth-order valence-electron chi connectivity index (χ4n) is 1.16. The topological polar surface area (TPSA) is 138 Å². The molecule has 0 unspecified atom stereocenters. The lowest BCUT2D eigenvalue weighted by Gasteiger charge is -1.89. The van der Waals surface area contributed by atoms with Gasteiger partial charge in [0.05, 0.1) is 6.26 Å². The molecule has 5 N–H and O–H groups in total. The molecule has 2 rings (SSSR count). The van der Waals surface area contributed by atoms with Gasteiger partial charge in [0.2, 0.25) is 0 Å². The van der Waals surface area contributed by atoms with Crippen LogP contribution >= 0.6 is 0 Å². The summed E-state index contributed by atoms with van der Waals surface area (Å²) in [5, 5.41) is 17.0. The van der Waals surface area contributed by atoms with Crippen molar-refractivity contribution in [2.75, 3.05) is 6.26 Å². The largest absolute Gasteiger partial charge is 0.508 e. The van der Waals surface area contributed by atoms with Gasteiger partial charge in [-0.3, -0.25) is 9.96 Å². The van der Waals surface area contributed by atoms with Gasteiger partial charge in [-0.05, 0) is 24.3 Å². The maximum atomic E-state index is 9.19. The number of aromatic hydroxyl groups is 1. The summed E-state index contributed by atoms with van der Waals surface area (Å²) in [5.41, 5.74) is 5.86. The van der Waals surface area contributed by atoms with Crippen molar-refractivity contribution in [3.8, 4) is 5.75 Å². The minimum Gasteiger partial charge on any atom is -0.508 e. The fourth-order valence-corrected chi connectivity index (χ4v) is 1.16. The monoisotopic (exact) mass is 272 g/mol. The van der Waals surface area contributed by atoms with Gasteiger partial charge >= 0.3 is 0 Å². The Kier molecular flexibility index (Phi) is 3.94. The number of phenols is 1. The van der Waals surface area contributed by atoms with E-state index in [4.69, 9.17) is 25.2 Å². The van der Waals surface area contributed by atoms with Gasteiger partial charge < -0.3 is 15.3 Å². The van der Waals surface area contributed by atoms with E-state index in [1.807, 2.05) is 0 Å². The van der Waals surface area contributed by atoms with E-state index in [0.717, 1.165) is 5.39 Å². The Morgan fingerprint density at radius 1 is 1.39 bits per heavy atom. The van der Waals surface area contributed by atoms with Crippen LogP contribution < -0.4 is 5.73 Å². The van der Waals surface area contributed by atoms with Gasteiger partial charge in [0.25, 0.3) is 10.1 Å². The first-order chi connectivity index (χ1) is 8.16. The SMILES string of the molecule is CS(=O)(=O)O.N=C(N)c1cc2cc(O)ccc2o1. The first kappa shape index (κ1) is 14.0. The highest BCUT2D eigenvalue weighted by Gasteiger charge is 2.05. The van der Waals surface area contributed by atoms with Gasteiger partial charge in [0.15, 0.2) is 11.6 Å². The number of hydrogen-bond donors (Lipinski definition) is 4. The third kappa shape index (κ3) is 4.44. The summed E-state index contributed by atoms with van der Waals surface area (Å²) in [6.45, 7) is 0. The molecule has 18 heavy (non-hydrogen) atoms. The molecule has 1 heterocycles. The normalized spacial score (nSPS) is 10.8. The summed E-state index contributed by atoms with van der Waals surface area (Å²) in [7, 11) is -3.67. The molecule has 0 spiro atoms. The summed E-state index contributed by atoms with van der Waals surface area (Å²) >= 11 is 0. The maximum Gasteiger partial charge on any atom is 0.261 e. The highest BCUT2D eigenvalue weighted by molar-refractivity contribution is 7.85. The molecule has 0 aliphatic heterocycles. The van der Waals surface area contributed by atoms with Crippen molar-refractivity contribution in [3.63, 3.8) is 0 Å². The van der Waals surface area contributed by atoms with Crippen LogP contribution in [0.1, 0.15) is 5.76 Å². The number of nitrogens with two attached hydrogens (primary N) is 1. The Hall–Kier alpha value is -2.06. The predicted octanol–water partition coefficient (Wildman–Crippen LogP) is 0.926. The molecule has 0 radical (unpaired) electrons. The Morgan fingerprint density at radius 3 is 2.44 bits per heavy atom. The van der Waals surface area contributed by atoms with Crippen molar-refractivity contribution < 1.29 is 22.5 Å². The van der Waals surface area contributed by atoms with Gasteiger partial charge in [-0.25, -0.2) is 0 Å². The van der Waals surface area contributed by atoms with E-state index in [2.05, 4.69) is 0 Å². The third-order valence-corrected chi connectivity index (χ3v) is 1.77. The van der Waals surface area contributed by atoms with Crippen molar-refractivity contribution in [3.05, 3.63) is 30.0 Å². The van der Waals surface area contributed by atoms with Crippen LogP contribution in [0.5, 0.6) is 5.75 Å². The van der Waals surface area contributed by atoms with E-state index >= 15 is 0 Å². The van der Waals surface area contributed by atoms with Crippen molar-refractivity contribution in [1.29, 1.82) is 5.41 Å². The fraction of sp³-hybridized carbons (Fsp3) is 0.100. The molecule has 0 saturated carbocycles. The number of fused-ring (bicyclic) bond motifs is 1. The van der Waals surface area contributed by atoms with E-state index in [1.165, 1.54) is 6.07 Å². The smallest absolute Gasteiger partial charge is 0.261 e. The molecule has 8 heteroatoms. The van der Waals surface area contributed by atoms with E-state index in [1.54, 1.807) is 18.2 Å². The van der Waals surface area contributed by atoms with Crippen LogP contribution in [0.25, 0.3) is 11.0 Å². The summed E-state index contributed by atoms with van der Waals surface area (Å²) in [4.78, 5) is 0. The van der Waals surface area contributed by atoms with Crippen molar-refractivity contribution >= 4 is 26.9 Å². The highest BCUT2D eigenvalue weighted by atomic mass is 32.2. The summed E-state index contributed by atoms with van der Waals surface area (Å²) in [6, 6.07) is 6.34. The minimum absolute atomic E-state index is 0.115. The average Bonchev–Trinajstić information content (AvgIpc) is 2.57. The zero-order valence-electron chi connectivity index (χ0n) is 9.41. The predicted molar refractivity (Wildman–Crippen MR) is 66.4 cm³/mol. The Labute approximate surface area is 103 Å². The molecule has 0 bridgehead atoms. The standard InChI is InChI=1S/C9H8N2O2.CH4O3S/c10-9(11)8-4-5-3-6(12)1-2-7(5)13-8;1-5(2,3)4/h1-4,12H,(H3,10,11);1H3,(H,2,3,4). The minimum atomic E-state index is -3.67. The number of nitrogens with one attached hydrogen (secondary N) is 1. The number of benzene rings is 1. The van der Waals surface area contributed by atoms with E-state index in [0.29, 0.717) is 17.6 Å². The lowest BCUT2D eigenvalue weighted by Crippen LogP contribution is -2.09. The number of amidine groups is 1. The Balaban J connectivity index is 0.000000280. The van der Waals surface area contributed by atoms with Crippen LogP contribution in [0, 0.1) is 5.41 Å². The molecular weight excluding hydrogens is 260 g/mol. The van der Waals surface area contributed by atoms with Crippen LogP contribution in [0.15, 0.2) is 28.7 Å². The van der Waals surface area contributed by atoms with Gasteiger partial charge in [-0.15, -0.1) is 0 Å². The van der Waals surface area contributed by atoms with Gasteiger partial charge in [-0.2, -0.15) is 8.42 Å². The molecule has 1 aromatic heterocycles. The Morgan fingerprint density at radius 2 is 1.94 bits per heavy atom. The van der Waals surface area contributed by atoms with Gasteiger partial charge in [0.1, 0.15) is 11.3 Å². The zero-order valence-corrected chi connectivity index (χ0v) is 10.2. The maximum absolute atomic E-state index is 9.19. The van der Waals surface area contributed by atoms with Crippen LogP contribution in [-0.2, 0) is 10.1 Å². The van der Waals surface area contributed by atoms with E-state index < -0.39 is 10.1 Å². The van der Waals surface area contributed by atoms with Gasteiger partial charge in [0, 0.05) is 5.39 Å². The average molecular weight is 272 g/mol. The first-order valence-corrected chi connectivity index (χ1v) is 6.51. The number of rotatable bonds is 1. The molecule has 0 fully saturated rings. The second-order valence-electron chi connectivity index (χ2n) is 3.48. The lowest BCUT2D eigenvalue weighted by atomic mass is 10.2. The van der Waals surface area contributed by atoms with Crippen LogP contribution in [0.4, 0.5) is 0 Å². The van der Waals surface area contributed by atoms with E-state index in [9.17, 15) is 8.42 Å². The molecule has 0 aliphatic carbocycles. The number of phenolic OH excluding ortho intramolecular Hbond substituents is 1. The first-order valence-electron chi connectivity index (χ1n) is 4.66. The molecule has 0 atom stereocenters. The van der Waals surface area contributed by atoms with Crippen molar-refractivity contribution in [2.45, 2.75) is 0 Å². The summed E-state index contributed by atoms with van der Waals surface area (Å²) in [5.74, 6) is 0.375. The molecule has 2 aromatic rings. The van der Waals surface area contributed by atoms with Crippen LogP contribution in [0.3, 0.4) is 0 Å². The molecule has 1 aromatic carbocycles. The number of nitrogen functional groups attached to an aromatic ring is 1. The zero-order chi connectivity index (χ0) is 13.9. The second kappa shape index (κ2) is 5.07. The highest BCUT2D eigenvalue weighted by Crippen LogP contribution is 2.22. The van der Waals surface area contributed by atoms with Crippen LogP contribution in [0.2, 0.25) is 0 Å². The summed E-state index contributed by atoms with van der Waals surface area (Å²) in [6.07, 6.45) is 0.715. The molecule has 0 saturated heterocycles.